The topological polar surface area (TPSA) is 66.5 Å². The molecule has 4 heterocycles. The zero-order valence-corrected chi connectivity index (χ0v) is 25.8. The number of carbonyl (C=O) groups is 1. The van der Waals surface area contributed by atoms with E-state index < -0.39 is 12.6 Å². The maximum absolute atomic E-state index is 12.5. The molecule has 0 radical (unpaired) electrons. The van der Waals surface area contributed by atoms with Gasteiger partial charge in [-0.25, -0.2) is 0 Å². The number of likely N-dealkylation sites (tertiary alicyclic amines) is 1. The van der Waals surface area contributed by atoms with Crippen LogP contribution in [0.2, 0.25) is 4.31 Å². The molecule has 1 aliphatic carbocycles. The van der Waals surface area contributed by atoms with E-state index in [0.717, 1.165) is 36.9 Å². The van der Waals surface area contributed by atoms with Crippen LogP contribution in [0.5, 0.6) is 0 Å². The van der Waals surface area contributed by atoms with Crippen molar-refractivity contribution in [2.75, 3.05) is 13.2 Å². The summed E-state index contributed by atoms with van der Waals surface area (Å²) >= 11 is 0.120. The summed E-state index contributed by atoms with van der Waals surface area (Å²) in [5.41, 5.74) is 3.34. The zero-order valence-electron chi connectivity index (χ0n) is 24.1. The van der Waals surface area contributed by atoms with Crippen molar-refractivity contribution in [3.8, 4) is 0 Å². The van der Waals surface area contributed by atoms with Crippen molar-refractivity contribution >= 4 is 25.4 Å². The zero-order chi connectivity index (χ0) is 28.8. The van der Waals surface area contributed by atoms with Crippen molar-refractivity contribution in [2.45, 2.75) is 85.9 Å². The molecule has 1 saturated carbocycles. The molecule has 3 aromatic rings. The van der Waals surface area contributed by atoms with Gasteiger partial charge in [-0.1, -0.05) is 0 Å². The second kappa shape index (κ2) is 11.8. The van der Waals surface area contributed by atoms with E-state index >= 15 is 0 Å². The molecule has 8 heteroatoms. The fourth-order valence-electron chi connectivity index (χ4n) is 7.61. The Bertz CT molecular complexity index is 1380. The Morgan fingerprint density at radius 2 is 1.37 bits per heavy atom. The van der Waals surface area contributed by atoms with Crippen molar-refractivity contribution in [1.29, 1.82) is 0 Å². The van der Waals surface area contributed by atoms with Crippen molar-refractivity contribution in [1.82, 2.24) is 4.90 Å². The van der Waals surface area contributed by atoms with Gasteiger partial charge in [0, 0.05) is 0 Å². The predicted octanol–water partition coefficient (Wildman–Crippen LogP) is 4.85. The summed E-state index contributed by atoms with van der Waals surface area (Å²) in [5, 5.41) is 0. The Labute approximate surface area is 258 Å². The Morgan fingerprint density at radius 1 is 0.767 bits per heavy atom. The normalized spacial score (nSPS) is 35.5. The Morgan fingerprint density at radius 3 is 2.02 bits per heavy atom. The van der Waals surface area contributed by atoms with Gasteiger partial charge < -0.3 is 0 Å². The number of hydrogen-bond acceptors (Lipinski definition) is 7. The monoisotopic (exact) mass is 647 g/mol. The van der Waals surface area contributed by atoms with Gasteiger partial charge in [-0.05, 0) is 0 Å². The number of esters is 1. The molecule has 0 unspecified atom stereocenters. The van der Waals surface area contributed by atoms with Crippen LogP contribution in [0.15, 0.2) is 84.9 Å². The number of fused-ring (bicyclic) bond motifs is 4. The molecule has 4 aliphatic heterocycles. The summed E-state index contributed by atoms with van der Waals surface area (Å²) in [4.78, 5) is 15.0. The average molecular weight is 647 g/mol. The van der Waals surface area contributed by atoms with E-state index in [1.165, 1.54) is 16.4 Å². The maximum atomic E-state index is 12.5. The van der Waals surface area contributed by atoms with Crippen LogP contribution in [0, 0.1) is 0 Å². The van der Waals surface area contributed by atoms with Gasteiger partial charge in [0.25, 0.3) is 0 Å². The van der Waals surface area contributed by atoms with E-state index in [2.05, 4.69) is 53.4 Å². The van der Waals surface area contributed by atoms with Gasteiger partial charge in [-0.3, -0.25) is 0 Å². The molecule has 0 amide bonds. The van der Waals surface area contributed by atoms with Crippen molar-refractivity contribution in [2.24, 2.45) is 0 Å². The quantitative estimate of drug-likeness (QED) is 0.281. The summed E-state index contributed by atoms with van der Waals surface area (Å²) in [7, 11) is 0. The standard InChI is InChI=1S/C35H37NO6Se/c37-30-19-35(18-10-9-17-29(35)40-30)43-28-16-8-7-15-25(28)20-36-26-21-38-33(23-11-3-1-4-12-23)41-31(26)32-27(36)22-39-34(42-32)24-13-5-2-6-14-24/h1-8,11-16,26-27,29,31-34H,9-10,17-22H2/t26-,27-,29-,31+,32+,33+,34+,35+/m0/s1. The van der Waals surface area contributed by atoms with Crippen molar-refractivity contribution < 1.29 is 28.5 Å². The van der Waals surface area contributed by atoms with Crippen LogP contribution in [0.3, 0.4) is 0 Å². The van der Waals surface area contributed by atoms with Crippen molar-refractivity contribution in [3.05, 3.63) is 102 Å². The van der Waals surface area contributed by atoms with Crippen molar-refractivity contribution in [3.63, 3.8) is 0 Å². The van der Waals surface area contributed by atoms with Crippen LogP contribution >= 0.6 is 0 Å². The number of rotatable bonds is 6. The summed E-state index contributed by atoms with van der Waals surface area (Å²) < 4.78 is 33.4. The molecule has 0 aromatic heterocycles. The first-order valence-electron chi connectivity index (χ1n) is 15.5. The molecule has 5 fully saturated rings. The van der Waals surface area contributed by atoms with Gasteiger partial charge >= 0.3 is 260 Å². The van der Waals surface area contributed by atoms with Gasteiger partial charge in [-0.15, -0.1) is 0 Å². The Balaban J connectivity index is 1.08. The van der Waals surface area contributed by atoms with Crippen LogP contribution in [0.1, 0.15) is 61.4 Å². The number of benzene rings is 3. The third kappa shape index (κ3) is 5.27. The Kier molecular flexibility index (Phi) is 7.64. The van der Waals surface area contributed by atoms with Gasteiger partial charge in [0.2, 0.25) is 0 Å². The molecule has 0 N–H and O–H groups in total. The summed E-state index contributed by atoms with van der Waals surface area (Å²) in [6.07, 6.45) is 3.83. The number of hydrogen-bond donors (Lipinski definition) is 0. The summed E-state index contributed by atoms with van der Waals surface area (Å²) in [6.45, 7) is 1.86. The minimum atomic E-state index is -0.428. The SMILES string of the molecule is O=C1C[C@]2([Se]c3ccccc3CN3[C@H]4CO[C@@H](c5ccccc5)O[C@H]4[C@@H]4O[C@H](c5ccccc5)OC[C@@H]43)CCCC[C@@H]2O1. The second-order valence-electron chi connectivity index (χ2n) is 12.3. The number of carbonyl (C=O) groups excluding carboxylic acids is 1. The molecule has 0 bridgehead atoms. The first-order valence-corrected chi connectivity index (χ1v) is 17.2. The Hall–Kier alpha value is -2.55. The van der Waals surface area contributed by atoms with Crippen LogP contribution < -0.4 is 4.46 Å². The van der Waals surface area contributed by atoms with Crippen LogP contribution in [0.25, 0.3) is 0 Å². The summed E-state index contributed by atoms with van der Waals surface area (Å²) in [6, 6.07) is 29.2. The molecule has 5 aliphatic rings. The van der Waals surface area contributed by atoms with E-state index in [0.29, 0.717) is 19.6 Å². The molecule has 0 spiro atoms. The minimum absolute atomic E-state index is 0.0228. The van der Waals surface area contributed by atoms with Gasteiger partial charge in [0.05, 0.1) is 0 Å². The fraction of sp³-hybridized carbons (Fsp3) is 0.457. The second-order valence-corrected chi connectivity index (χ2v) is 15.4. The molecule has 7 nitrogen and oxygen atoms in total. The molecular formula is C35H37NO6Se. The third-order valence-corrected chi connectivity index (χ3v) is 13.2. The van der Waals surface area contributed by atoms with Gasteiger partial charge in [0.15, 0.2) is 0 Å². The predicted molar refractivity (Wildman–Crippen MR) is 161 cm³/mol. The molecule has 8 rings (SSSR count). The van der Waals surface area contributed by atoms with E-state index in [1.54, 1.807) is 0 Å². The van der Waals surface area contributed by atoms with E-state index in [9.17, 15) is 4.79 Å². The fourth-order valence-corrected chi connectivity index (χ4v) is 10.9. The van der Waals surface area contributed by atoms with E-state index in [-0.39, 0.29) is 55.6 Å². The molecule has 8 atom stereocenters. The molecule has 224 valence electrons. The number of nitrogens with zero attached hydrogens (tertiary/aromatic N) is 1. The van der Waals surface area contributed by atoms with E-state index in [4.69, 9.17) is 23.7 Å². The third-order valence-electron chi connectivity index (χ3n) is 9.73. The first-order chi connectivity index (χ1) is 21.2. The van der Waals surface area contributed by atoms with Crippen LogP contribution in [0.4, 0.5) is 0 Å². The number of ether oxygens (including phenoxy) is 5. The summed E-state index contributed by atoms with van der Waals surface area (Å²) in [5.74, 6) is -0.0228. The van der Waals surface area contributed by atoms with Crippen LogP contribution in [-0.4, -0.2) is 69.4 Å². The average Bonchev–Trinajstić information content (AvgIpc) is 3.55. The van der Waals surface area contributed by atoms with Gasteiger partial charge in [0.1, 0.15) is 0 Å². The molecule has 3 aromatic carbocycles. The van der Waals surface area contributed by atoms with E-state index in [1.807, 2.05) is 36.4 Å². The molecule has 43 heavy (non-hydrogen) atoms. The first kappa shape index (κ1) is 28.0. The van der Waals surface area contributed by atoms with Gasteiger partial charge in [-0.2, -0.15) is 0 Å². The molecule has 4 saturated heterocycles. The van der Waals surface area contributed by atoms with Crippen LogP contribution in [-0.2, 0) is 35.0 Å². The molecular weight excluding hydrogens is 609 g/mol.